The third-order valence-corrected chi connectivity index (χ3v) is 5.31. The molecule has 0 atom stereocenters. The van der Waals surface area contributed by atoms with Crippen molar-refractivity contribution in [2.75, 3.05) is 0 Å². The molecule has 0 fully saturated rings. The Balaban J connectivity index is 1.54. The van der Waals surface area contributed by atoms with Crippen molar-refractivity contribution < 1.29 is 9.59 Å². The van der Waals surface area contributed by atoms with E-state index in [0.717, 1.165) is 10.0 Å². The maximum Gasteiger partial charge on any atom is 0.290 e. The predicted octanol–water partition coefficient (Wildman–Crippen LogP) is 3.20. The summed E-state index contributed by atoms with van der Waals surface area (Å²) in [4.78, 5) is 37.9. The number of hydrogen-bond acceptors (Lipinski definition) is 5. The zero-order valence-corrected chi connectivity index (χ0v) is 18.8. The Morgan fingerprint density at radius 2 is 1.66 bits per heavy atom. The first-order valence-electron chi connectivity index (χ1n) is 9.78. The number of amides is 2. The summed E-state index contributed by atoms with van der Waals surface area (Å²) < 4.78 is 2.18. The number of hydrazine groups is 1. The lowest BCUT2D eigenvalue weighted by Crippen LogP contribution is -2.43. The van der Waals surface area contributed by atoms with Gasteiger partial charge in [-0.15, -0.1) is 0 Å². The number of nitrogens with one attached hydrogen (secondary N) is 3. The van der Waals surface area contributed by atoms with Crippen molar-refractivity contribution in [1.29, 1.82) is 0 Å². The summed E-state index contributed by atoms with van der Waals surface area (Å²) in [7, 11) is 0. The maximum atomic E-state index is 12.8. The minimum Gasteiger partial charge on any atom is -0.272 e. The second kappa shape index (κ2) is 8.75. The quantitative estimate of drug-likeness (QED) is 0.376. The first-order chi connectivity index (χ1) is 15.3. The van der Waals surface area contributed by atoms with Gasteiger partial charge in [-0.25, -0.2) is 4.68 Å². The van der Waals surface area contributed by atoms with Crippen LogP contribution in [0.4, 0.5) is 0 Å². The molecule has 32 heavy (non-hydrogen) atoms. The van der Waals surface area contributed by atoms with Crippen LogP contribution < -0.4 is 16.4 Å². The lowest BCUT2D eigenvalue weighted by molar-refractivity contribution is 0.0840. The van der Waals surface area contributed by atoms with E-state index < -0.39 is 11.8 Å². The van der Waals surface area contributed by atoms with E-state index >= 15 is 0 Å². The molecule has 0 aliphatic rings. The van der Waals surface area contributed by atoms with Gasteiger partial charge in [-0.05, 0) is 38.1 Å². The first-order valence-corrected chi connectivity index (χ1v) is 10.6. The molecule has 9 nitrogen and oxygen atoms in total. The van der Waals surface area contributed by atoms with E-state index in [1.165, 1.54) is 4.68 Å². The number of rotatable bonds is 4. The molecule has 0 spiro atoms. The number of hydrogen-bond donors (Lipinski definition) is 3. The van der Waals surface area contributed by atoms with Gasteiger partial charge in [0.25, 0.3) is 17.4 Å². The predicted molar refractivity (Wildman–Crippen MR) is 123 cm³/mol. The van der Waals surface area contributed by atoms with E-state index in [9.17, 15) is 14.4 Å². The highest BCUT2D eigenvalue weighted by molar-refractivity contribution is 9.10. The average molecular weight is 495 g/mol. The molecule has 0 saturated carbocycles. The van der Waals surface area contributed by atoms with E-state index in [2.05, 4.69) is 42.1 Å². The van der Waals surface area contributed by atoms with Crippen molar-refractivity contribution in [3.8, 4) is 11.3 Å². The molecule has 2 aromatic heterocycles. The monoisotopic (exact) mass is 494 g/mol. The molecule has 4 rings (SSSR count). The minimum atomic E-state index is -0.642. The van der Waals surface area contributed by atoms with Crippen LogP contribution >= 0.6 is 15.9 Å². The summed E-state index contributed by atoms with van der Waals surface area (Å²) in [6.07, 6.45) is 0. The second-order valence-corrected chi connectivity index (χ2v) is 8.24. The summed E-state index contributed by atoms with van der Waals surface area (Å²) in [6, 6.07) is 15.5. The first kappa shape index (κ1) is 21.4. The highest BCUT2D eigenvalue weighted by Gasteiger charge is 2.19. The molecule has 2 amide bonds. The van der Waals surface area contributed by atoms with Crippen LogP contribution in [-0.2, 0) is 0 Å². The van der Waals surface area contributed by atoms with Crippen molar-refractivity contribution in [3.63, 3.8) is 0 Å². The van der Waals surface area contributed by atoms with E-state index in [-0.39, 0.29) is 23.0 Å². The van der Waals surface area contributed by atoms with Gasteiger partial charge >= 0.3 is 0 Å². The van der Waals surface area contributed by atoms with Crippen LogP contribution in [0, 0.1) is 0 Å². The smallest absolute Gasteiger partial charge is 0.272 e. The summed E-state index contributed by atoms with van der Waals surface area (Å²) in [5.41, 5.74) is 6.06. The number of carbonyl (C=O) groups is 2. The summed E-state index contributed by atoms with van der Waals surface area (Å²) in [5.74, 6) is -1.22. The zero-order chi connectivity index (χ0) is 22.8. The average Bonchev–Trinajstić information content (AvgIpc) is 3.28. The lowest BCUT2D eigenvalue weighted by Gasteiger charge is -2.13. The number of nitrogens with zero attached hydrogens (tertiary/aromatic N) is 3. The number of carbonyl (C=O) groups excluding carboxylic acids is 2. The number of aromatic nitrogens is 4. The Kier molecular flexibility index (Phi) is 5.87. The number of aromatic amines is 1. The van der Waals surface area contributed by atoms with Gasteiger partial charge in [0.1, 0.15) is 5.69 Å². The van der Waals surface area contributed by atoms with Gasteiger partial charge in [-0.2, -0.15) is 10.2 Å². The fraction of sp³-hybridized carbons (Fsp3) is 0.136. The Hall–Kier alpha value is -3.79. The van der Waals surface area contributed by atoms with Gasteiger partial charge in [0.2, 0.25) is 0 Å². The molecule has 2 heterocycles. The minimum absolute atomic E-state index is 0.0364. The highest BCUT2D eigenvalue weighted by atomic mass is 79.9. The molecule has 0 saturated heterocycles. The molecule has 10 heteroatoms. The van der Waals surface area contributed by atoms with Gasteiger partial charge in [0.05, 0.1) is 17.1 Å². The highest BCUT2D eigenvalue weighted by Crippen LogP contribution is 2.20. The summed E-state index contributed by atoms with van der Waals surface area (Å²) in [6.45, 7) is 3.60. The van der Waals surface area contributed by atoms with Crippen molar-refractivity contribution in [3.05, 3.63) is 80.8 Å². The molecule has 0 radical (unpaired) electrons. The van der Waals surface area contributed by atoms with Crippen LogP contribution in [0.5, 0.6) is 0 Å². The van der Waals surface area contributed by atoms with E-state index in [1.54, 1.807) is 44.2 Å². The SMILES string of the molecule is CC(C)n1nc(C(=O)NNC(=O)c2cc(-c3ccc(Br)cc3)n[nH]2)c2ccccc2c1=O. The van der Waals surface area contributed by atoms with Gasteiger partial charge in [0, 0.05) is 15.4 Å². The summed E-state index contributed by atoms with van der Waals surface area (Å²) in [5, 5.41) is 11.8. The number of H-pyrrole nitrogens is 1. The van der Waals surface area contributed by atoms with Crippen LogP contribution in [0.2, 0.25) is 0 Å². The molecule has 0 aliphatic heterocycles. The molecular weight excluding hydrogens is 476 g/mol. The number of benzene rings is 2. The van der Waals surface area contributed by atoms with Crippen LogP contribution in [0.15, 0.2) is 63.9 Å². The fourth-order valence-corrected chi connectivity index (χ4v) is 3.44. The molecule has 3 N–H and O–H groups in total. The molecule has 162 valence electrons. The normalized spacial score (nSPS) is 11.0. The fourth-order valence-electron chi connectivity index (χ4n) is 3.17. The molecule has 0 unspecified atom stereocenters. The molecular formula is C22H19BrN6O3. The molecule has 4 aromatic rings. The van der Waals surface area contributed by atoms with Gasteiger partial charge in [-0.3, -0.25) is 30.3 Å². The summed E-state index contributed by atoms with van der Waals surface area (Å²) >= 11 is 3.37. The molecule has 0 bridgehead atoms. The standard InChI is InChI=1S/C22H19BrN6O3/c1-12(2)29-22(32)16-6-4-3-5-15(16)19(28-29)21(31)27-26-20(30)18-11-17(24-25-18)13-7-9-14(23)10-8-13/h3-12H,1-2H3,(H,24,25)(H,26,30)(H,27,31). The van der Waals surface area contributed by atoms with E-state index in [4.69, 9.17) is 0 Å². The van der Waals surface area contributed by atoms with Gasteiger partial charge in [-0.1, -0.05) is 46.3 Å². The Bertz CT molecular complexity index is 1370. The largest absolute Gasteiger partial charge is 0.290 e. The molecule has 0 aliphatic carbocycles. The number of fused-ring (bicyclic) bond motifs is 1. The lowest BCUT2D eigenvalue weighted by atomic mass is 10.1. The van der Waals surface area contributed by atoms with E-state index in [0.29, 0.717) is 16.5 Å². The Morgan fingerprint density at radius 3 is 2.34 bits per heavy atom. The van der Waals surface area contributed by atoms with Crippen LogP contribution in [0.3, 0.4) is 0 Å². The second-order valence-electron chi connectivity index (χ2n) is 7.32. The van der Waals surface area contributed by atoms with Gasteiger partial charge < -0.3 is 0 Å². The molecule has 2 aromatic carbocycles. The third kappa shape index (κ3) is 4.17. The van der Waals surface area contributed by atoms with Crippen molar-refractivity contribution in [2.24, 2.45) is 0 Å². The Morgan fingerprint density at radius 1 is 1.00 bits per heavy atom. The van der Waals surface area contributed by atoms with Crippen LogP contribution in [0.1, 0.15) is 40.9 Å². The number of halogens is 1. The van der Waals surface area contributed by atoms with Crippen molar-refractivity contribution in [2.45, 2.75) is 19.9 Å². The topological polar surface area (TPSA) is 122 Å². The zero-order valence-electron chi connectivity index (χ0n) is 17.2. The third-order valence-electron chi connectivity index (χ3n) is 4.78. The van der Waals surface area contributed by atoms with Gasteiger partial charge in [0.15, 0.2) is 5.69 Å². The van der Waals surface area contributed by atoms with Crippen LogP contribution in [-0.4, -0.2) is 31.8 Å². The van der Waals surface area contributed by atoms with Crippen LogP contribution in [0.25, 0.3) is 22.0 Å². The van der Waals surface area contributed by atoms with Crippen molar-refractivity contribution in [1.82, 2.24) is 30.8 Å². The maximum absolute atomic E-state index is 12.8. The van der Waals surface area contributed by atoms with E-state index in [1.807, 2.05) is 24.3 Å². The van der Waals surface area contributed by atoms with Crippen molar-refractivity contribution >= 4 is 38.5 Å². The Labute approximate surface area is 190 Å².